The number of hydrogen-bond donors (Lipinski definition) is 6. The number of allylic oxidation sites excluding steroid dienone is 2. The maximum atomic E-state index is 13.9. The van der Waals surface area contributed by atoms with Crippen molar-refractivity contribution in [2.24, 2.45) is 23.7 Å². The summed E-state index contributed by atoms with van der Waals surface area (Å²) < 4.78 is 23.2. The predicted molar refractivity (Wildman–Crippen MR) is 184 cm³/mol. The van der Waals surface area contributed by atoms with Gasteiger partial charge in [0.2, 0.25) is 0 Å². The third kappa shape index (κ3) is 7.03. The summed E-state index contributed by atoms with van der Waals surface area (Å²) in [7, 11) is 1.43. The molecular weight excluding hydrogens is 650 g/mol. The number of nitrogens with one attached hydrogen (secondary N) is 1. The van der Waals surface area contributed by atoms with Gasteiger partial charge in [0.15, 0.2) is 5.75 Å². The SMILES string of the molecule is CO[C@@H]1/C=C\O[C@]2(C)Oc3c(C)c(O)c4c(O)c(cc(O)c4c3C2=O)NC(=O)/C(C)=C\C=C[C@H](C)[C@@H](O)[C@H](C)[C@H](O)C(C)[C@H](OC(C)=O)[C@@H]1C. The number of benzene rings is 2. The number of hydrogen-bond acceptors (Lipinski definition) is 12. The van der Waals surface area contributed by atoms with E-state index < -0.39 is 88.8 Å². The van der Waals surface area contributed by atoms with Gasteiger partial charge in [0.05, 0.1) is 41.2 Å². The molecule has 0 spiro atoms. The lowest BCUT2D eigenvalue weighted by molar-refractivity contribution is -0.160. The number of aliphatic hydroxyl groups excluding tert-OH is 2. The zero-order valence-electron chi connectivity index (χ0n) is 29.7. The summed E-state index contributed by atoms with van der Waals surface area (Å²) in [6.45, 7) is 12.5. The summed E-state index contributed by atoms with van der Waals surface area (Å²) in [4.78, 5) is 39.2. The second-order valence-electron chi connectivity index (χ2n) is 13.4. The Hall–Kier alpha value is -4.59. The lowest BCUT2D eigenvalue weighted by Crippen LogP contribution is -2.46. The monoisotopic (exact) mass is 697 g/mol. The van der Waals surface area contributed by atoms with Gasteiger partial charge in [0.25, 0.3) is 11.7 Å². The summed E-state index contributed by atoms with van der Waals surface area (Å²) in [6, 6.07) is 1.06. The Morgan fingerprint density at radius 1 is 0.940 bits per heavy atom. The Morgan fingerprint density at radius 2 is 1.60 bits per heavy atom. The highest BCUT2D eigenvalue weighted by Gasteiger charge is 2.49. The van der Waals surface area contributed by atoms with E-state index in [-0.39, 0.29) is 38.9 Å². The Morgan fingerprint density at radius 3 is 2.22 bits per heavy atom. The van der Waals surface area contributed by atoms with E-state index in [4.69, 9.17) is 18.9 Å². The second kappa shape index (κ2) is 14.7. The highest BCUT2D eigenvalue weighted by molar-refractivity contribution is 6.21. The number of amides is 1. The minimum atomic E-state index is -1.98. The minimum Gasteiger partial charge on any atom is -0.507 e. The van der Waals surface area contributed by atoms with Gasteiger partial charge in [-0.05, 0) is 19.9 Å². The van der Waals surface area contributed by atoms with Gasteiger partial charge < -0.3 is 49.8 Å². The van der Waals surface area contributed by atoms with Gasteiger partial charge >= 0.3 is 11.8 Å². The number of esters is 1. The van der Waals surface area contributed by atoms with Crippen LogP contribution in [0.15, 0.2) is 42.2 Å². The molecule has 9 atom stereocenters. The summed E-state index contributed by atoms with van der Waals surface area (Å²) in [6.07, 6.45) is 3.62. The van der Waals surface area contributed by atoms with Crippen molar-refractivity contribution in [1.82, 2.24) is 0 Å². The number of ketones is 1. The van der Waals surface area contributed by atoms with Crippen molar-refractivity contribution in [2.75, 3.05) is 12.4 Å². The van der Waals surface area contributed by atoms with E-state index in [1.807, 2.05) is 0 Å². The van der Waals surface area contributed by atoms with E-state index in [0.29, 0.717) is 0 Å². The zero-order chi connectivity index (χ0) is 37.4. The van der Waals surface area contributed by atoms with Crippen LogP contribution in [-0.4, -0.2) is 80.5 Å². The standard InChI is InChI=1S/C37H47NO12/c1-16-11-10-12-17(2)36(46)38-23-15-24(40)26-27(32(23)44)31(43)21(6)34-28(26)35(45)37(8,50-34)48-14-13-25(47-9)18(3)33(49-22(7)39)20(5)30(42)19(4)29(16)41/h10-16,18-20,25,29-30,33,40-44H,1-9H3,(H,38,46)/b11-10?,14-13-,17-12-/t16-,18+,19-,20?,25+,29+,30-,33+,37+/m0/s1. The Kier molecular flexibility index (Phi) is 11.2. The largest absolute Gasteiger partial charge is 0.507 e. The molecule has 3 aliphatic heterocycles. The summed E-state index contributed by atoms with van der Waals surface area (Å²) >= 11 is 0. The Bertz CT molecular complexity index is 1760. The Labute approximate surface area is 290 Å². The van der Waals surface area contributed by atoms with Gasteiger partial charge in [0, 0.05) is 67.2 Å². The van der Waals surface area contributed by atoms with E-state index in [9.17, 15) is 39.9 Å². The molecule has 50 heavy (non-hydrogen) atoms. The van der Waals surface area contributed by atoms with E-state index in [0.717, 1.165) is 6.07 Å². The van der Waals surface area contributed by atoms with E-state index in [1.54, 1.807) is 39.8 Å². The molecule has 3 heterocycles. The molecule has 2 aromatic rings. The molecule has 0 aromatic heterocycles. The maximum absolute atomic E-state index is 13.9. The van der Waals surface area contributed by atoms with Gasteiger partial charge in [-0.3, -0.25) is 14.4 Å². The van der Waals surface area contributed by atoms with Gasteiger partial charge in [-0.15, -0.1) is 0 Å². The molecule has 1 unspecified atom stereocenters. The lowest BCUT2D eigenvalue weighted by Gasteiger charge is -2.38. The molecule has 5 bridgehead atoms. The molecule has 0 saturated carbocycles. The van der Waals surface area contributed by atoms with Crippen molar-refractivity contribution < 1.29 is 58.9 Å². The first-order valence-electron chi connectivity index (χ1n) is 16.4. The quantitative estimate of drug-likeness (QED) is 0.143. The number of rotatable bonds is 2. The number of carbonyl (C=O) groups excluding carboxylic acids is 3. The highest BCUT2D eigenvalue weighted by Crippen LogP contribution is 2.53. The average Bonchev–Trinajstić information content (AvgIpc) is 3.33. The third-order valence-electron chi connectivity index (χ3n) is 9.84. The van der Waals surface area contributed by atoms with Crippen molar-refractivity contribution >= 4 is 34.1 Å². The number of anilines is 1. The van der Waals surface area contributed by atoms with Crippen LogP contribution in [0.5, 0.6) is 23.0 Å². The molecule has 272 valence electrons. The van der Waals surface area contributed by atoms with Crippen LogP contribution >= 0.6 is 0 Å². The van der Waals surface area contributed by atoms with Crippen LogP contribution in [0.3, 0.4) is 0 Å². The molecule has 13 heteroatoms. The number of carbonyl (C=O) groups is 3. The molecule has 1 amide bonds. The number of aromatic hydroxyl groups is 3. The number of methoxy groups -OCH3 is 1. The number of phenols is 3. The first-order chi connectivity index (χ1) is 23.4. The molecule has 0 fully saturated rings. The third-order valence-corrected chi connectivity index (χ3v) is 9.84. The average molecular weight is 698 g/mol. The number of phenolic OH excluding ortho intramolecular Hbond substituents is 3. The van der Waals surface area contributed by atoms with Crippen LogP contribution in [0.1, 0.15) is 64.4 Å². The zero-order valence-corrected chi connectivity index (χ0v) is 29.7. The molecule has 3 aliphatic rings. The van der Waals surface area contributed by atoms with Crippen molar-refractivity contribution in [3.8, 4) is 23.0 Å². The number of ether oxygens (including phenoxy) is 4. The van der Waals surface area contributed by atoms with Gasteiger partial charge in [-0.25, -0.2) is 0 Å². The molecule has 6 N–H and O–H groups in total. The summed E-state index contributed by atoms with van der Waals surface area (Å²) in [5.41, 5.74) is -0.0929. The minimum absolute atomic E-state index is 0.0709. The maximum Gasteiger partial charge on any atom is 0.312 e. The van der Waals surface area contributed by atoms with Crippen LogP contribution in [-0.2, 0) is 23.8 Å². The fraction of sp³-hybridized carbons (Fsp3) is 0.486. The predicted octanol–water partition coefficient (Wildman–Crippen LogP) is 4.75. The Balaban J connectivity index is 1.87. The van der Waals surface area contributed by atoms with Crippen LogP contribution < -0.4 is 10.1 Å². The van der Waals surface area contributed by atoms with Gasteiger partial charge in [-0.2, -0.15) is 0 Å². The molecule has 0 aliphatic carbocycles. The highest BCUT2D eigenvalue weighted by atomic mass is 16.7. The fourth-order valence-corrected chi connectivity index (χ4v) is 6.65. The molecule has 13 nitrogen and oxygen atoms in total. The van der Waals surface area contributed by atoms with Gasteiger partial charge in [0.1, 0.15) is 23.4 Å². The van der Waals surface area contributed by atoms with Crippen LogP contribution in [0.4, 0.5) is 5.69 Å². The van der Waals surface area contributed by atoms with Crippen molar-refractivity contribution in [2.45, 2.75) is 85.6 Å². The fourth-order valence-electron chi connectivity index (χ4n) is 6.65. The van der Waals surface area contributed by atoms with E-state index in [1.165, 1.54) is 53.2 Å². The first kappa shape index (κ1) is 38.2. The van der Waals surface area contributed by atoms with Crippen LogP contribution in [0.2, 0.25) is 0 Å². The molecule has 0 radical (unpaired) electrons. The van der Waals surface area contributed by atoms with Crippen molar-refractivity contribution in [1.29, 1.82) is 0 Å². The number of Topliss-reactive ketones (excluding diaryl/α,β-unsaturated/α-hetero) is 1. The van der Waals surface area contributed by atoms with Crippen LogP contribution in [0, 0.1) is 30.6 Å². The molecule has 2 aromatic carbocycles. The summed E-state index contributed by atoms with van der Waals surface area (Å²) in [5, 5.41) is 58.2. The lowest BCUT2D eigenvalue weighted by atomic mass is 9.78. The normalized spacial score (nSPS) is 32.6. The van der Waals surface area contributed by atoms with Crippen LogP contribution in [0.25, 0.3) is 10.8 Å². The van der Waals surface area contributed by atoms with Crippen molar-refractivity contribution in [3.63, 3.8) is 0 Å². The molecular formula is C37H47NO12. The number of fused-ring (bicyclic) bond motifs is 14. The smallest absolute Gasteiger partial charge is 0.312 e. The molecule has 0 saturated heterocycles. The second-order valence-corrected chi connectivity index (χ2v) is 13.4. The van der Waals surface area contributed by atoms with E-state index in [2.05, 4.69) is 5.32 Å². The molecule has 5 rings (SSSR count). The topological polar surface area (TPSA) is 201 Å². The van der Waals surface area contributed by atoms with E-state index >= 15 is 0 Å². The first-order valence-corrected chi connectivity index (χ1v) is 16.4. The van der Waals surface area contributed by atoms with Gasteiger partial charge in [-0.1, -0.05) is 45.9 Å². The number of aliphatic hydroxyl groups is 2. The van der Waals surface area contributed by atoms with Crippen molar-refractivity contribution in [3.05, 3.63) is 53.3 Å². The summed E-state index contributed by atoms with van der Waals surface area (Å²) in [5.74, 6) is -7.99.